The van der Waals surface area contributed by atoms with Gasteiger partial charge in [-0.1, -0.05) is 30.3 Å². The monoisotopic (exact) mass is 288 g/mol. The van der Waals surface area contributed by atoms with Gasteiger partial charge in [0.2, 0.25) is 0 Å². The smallest absolute Gasteiger partial charge is 0.194 e. The van der Waals surface area contributed by atoms with E-state index in [4.69, 9.17) is 5.11 Å². The topological polar surface area (TPSA) is 37.5 Å². The van der Waals surface area contributed by atoms with Gasteiger partial charge in [-0.3, -0.25) is 4.40 Å². The molecule has 4 heteroatoms. The Hall–Kier alpha value is -1.65. The molecule has 0 bridgehead atoms. The molecule has 3 aromatic rings. The Bertz CT molecular complexity index is 643. The van der Waals surface area contributed by atoms with Gasteiger partial charge in [0.05, 0.1) is 0 Å². The van der Waals surface area contributed by atoms with E-state index >= 15 is 0 Å². The molecule has 0 aliphatic rings. The summed E-state index contributed by atoms with van der Waals surface area (Å²) in [5.41, 5.74) is 2.61. The maximum atomic E-state index is 8.53. The highest BCUT2D eigenvalue weighted by molar-refractivity contribution is 7.17. The summed E-state index contributed by atoms with van der Waals surface area (Å²) in [4.78, 5) is 6.62. The molecule has 2 aromatic heterocycles. The summed E-state index contributed by atoms with van der Waals surface area (Å²) in [6.07, 6.45) is 5.67. The van der Waals surface area contributed by atoms with E-state index in [9.17, 15) is 0 Å². The normalized spacial score (nSPS) is 10.3. The van der Waals surface area contributed by atoms with E-state index in [-0.39, 0.29) is 6.61 Å². The second-order valence-corrected chi connectivity index (χ2v) is 5.82. The molecule has 1 aromatic carbocycles. The molecule has 0 amide bonds. The lowest BCUT2D eigenvalue weighted by Gasteiger charge is -1.96. The number of imidazole rings is 1. The minimum Gasteiger partial charge on any atom is -0.396 e. The molecule has 0 radical (unpaired) electrons. The second kappa shape index (κ2) is 7.22. The fraction of sp³-hybridized carbons (Fsp3) is 0.312. The van der Waals surface area contributed by atoms with E-state index < -0.39 is 0 Å². The van der Waals surface area contributed by atoms with Crippen LogP contribution in [0.2, 0.25) is 0 Å². The number of thiazole rings is 1. The Morgan fingerprint density at radius 1 is 1.20 bits per heavy atom. The van der Waals surface area contributed by atoms with Gasteiger partial charge < -0.3 is 5.11 Å². The van der Waals surface area contributed by atoms with E-state index in [1.165, 1.54) is 16.1 Å². The van der Waals surface area contributed by atoms with Crippen molar-refractivity contribution in [2.75, 3.05) is 6.61 Å². The molecule has 0 spiro atoms. The summed E-state index contributed by atoms with van der Waals surface area (Å²) in [7, 11) is 0. The molecule has 0 fully saturated rings. The van der Waals surface area contributed by atoms with Crippen molar-refractivity contribution in [3.05, 3.63) is 58.9 Å². The predicted molar refractivity (Wildman–Crippen MR) is 84.4 cm³/mol. The van der Waals surface area contributed by atoms with Crippen LogP contribution in [0.25, 0.3) is 4.96 Å². The first-order valence-corrected chi connectivity index (χ1v) is 7.58. The molecule has 3 rings (SSSR count). The standard InChI is InChI=1S/C9H12O.C7H8N2S/c10-8-4-7-9-5-2-1-3-6-9;1-5-6(2)10-7-8-3-4-9(5)7/h1-3,5-6,10H,4,7-8H2;3-4H,1-2H3. The molecule has 1 N–H and O–H groups in total. The van der Waals surface area contributed by atoms with Crippen LogP contribution in [0.5, 0.6) is 0 Å². The Morgan fingerprint density at radius 2 is 1.95 bits per heavy atom. The largest absolute Gasteiger partial charge is 0.396 e. The van der Waals surface area contributed by atoms with E-state index in [2.05, 4.69) is 35.4 Å². The molecule has 2 heterocycles. The molecule has 0 atom stereocenters. The fourth-order valence-corrected chi connectivity index (χ4v) is 2.86. The van der Waals surface area contributed by atoms with Gasteiger partial charge in [0.1, 0.15) is 0 Å². The Morgan fingerprint density at radius 3 is 2.60 bits per heavy atom. The van der Waals surface area contributed by atoms with Crippen molar-refractivity contribution in [3.63, 3.8) is 0 Å². The van der Waals surface area contributed by atoms with Gasteiger partial charge in [0, 0.05) is 29.6 Å². The van der Waals surface area contributed by atoms with Crippen LogP contribution in [0.4, 0.5) is 0 Å². The maximum absolute atomic E-state index is 8.53. The van der Waals surface area contributed by atoms with Crippen molar-refractivity contribution in [1.82, 2.24) is 9.38 Å². The Labute approximate surface area is 123 Å². The van der Waals surface area contributed by atoms with Crippen molar-refractivity contribution in [3.8, 4) is 0 Å². The van der Waals surface area contributed by atoms with Gasteiger partial charge in [-0.15, -0.1) is 11.3 Å². The first-order valence-electron chi connectivity index (χ1n) is 6.76. The van der Waals surface area contributed by atoms with E-state index in [0.717, 1.165) is 17.8 Å². The van der Waals surface area contributed by atoms with E-state index in [1.54, 1.807) is 11.3 Å². The second-order valence-electron chi connectivity index (χ2n) is 4.64. The van der Waals surface area contributed by atoms with Gasteiger partial charge >= 0.3 is 0 Å². The van der Waals surface area contributed by atoms with Crippen LogP contribution in [0, 0.1) is 13.8 Å². The zero-order valence-electron chi connectivity index (χ0n) is 11.9. The maximum Gasteiger partial charge on any atom is 0.194 e. The lowest BCUT2D eigenvalue weighted by Crippen LogP contribution is -1.87. The SMILES string of the molecule is Cc1sc2nccn2c1C.OCCCc1ccccc1. The molecular formula is C16H20N2OS. The lowest BCUT2D eigenvalue weighted by molar-refractivity contribution is 0.288. The number of aryl methyl sites for hydroxylation is 3. The first kappa shape index (κ1) is 14.8. The van der Waals surface area contributed by atoms with E-state index in [0.29, 0.717) is 0 Å². The van der Waals surface area contributed by atoms with Crippen molar-refractivity contribution in [2.45, 2.75) is 26.7 Å². The number of fused-ring (bicyclic) bond motifs is 1. The fourth-order valence-electron chi connectivity index (χ4n) is 1.93. The molecule has 0 aliphatic carbocycles. The number of aliphatic hydroxyl groups excluding tert-OH is 1. The summed E-state index contributed by atoms with van der Waals surface area (Å²) in [6.45, 7) is 4.52. The highest BCUT2D eigenvalue weighted by Crippen LogP contribution is 2.19. The van der Waals surface area contributed by atoms with Gasteiger partial charge in [-0.25, -0.2) is 4.98 Å². The zero-order valence-corrected chi connectivity index (χ0v) is 12.7. The third-order valence-corrected chi connectivity index (χ3v) is 4.27. The Balaban J connectivity index is 0.000000147. The highest BCUT2D eigenvalue weighted by Gasteiger charge is 2.02. The van der Waals surface area contributed by atoms with Crippen molar-refractivity contribution < 1.29 is 5.11 Å². The molecule has 0 unspecified atom stereocenters. The third kappa shape index (κ3) is 3.68. The molecule has 0 saturated heterocycles. The quantitative estimate of drug-likeness (QED) is 0.799. The Kier molecular flexibility index (Phi) is 5.32. The average Bonchev–Trinajstić information content (AvgIpc) is 3.03. The van der Waals surface area contributed by atoms with Crippen LogP contribution in [0.1, 0.15) is 22.6 Å². The number of rotatable bonds is 3. The summed E-state index contributed by atoms with van der Waals surface area (Å²) >= 11 is 1.74. The number of nitrogens with zero attached hydrogens (tertiary/aromatic N) is 2. The summed E-state index contributed by atoms with van der Waals surface area (Å²) in [5.74, 6) is 0. The van der Waals surface area contributed by atoms with Crippen molar-refractivity contribution in [2.24, 2.45) is 0 Å². The molecule has 106 valence electrons. The van der Waals surface area contributed by atoms with Crippen LogP contribution in [-0.2, 0) is 6.42 Å². The van der Waals surface area contributed by atoms with Crippen LogP contribution < -0.4 is 0 Å². The number of hydrogen-bond acceptors (Lipinski definition) is 3. The molecule has 0 aliphatic heterocycles. The summed E-state index contributed by atoms with van der Waals surface area (Å²) in [6, 6.07) is 10.2. The van der Waals surface area contributed by atoms with Gasteiger partial charge in [0.25, 0.3) is 0 Å². The third-order valence-electron chi connectivity index (χ3n) is 3.19. The van der Waals surface area contributed by atoms with Gasteiger partial charge in [-0.2, -0.15) is 0 Å². The first-order chi connectivity index (χ1) is 9.72. The number of benzene rings is 1. The van der Waals surface area contributed by atoms with Gasteiger partial charge in [-0.05, 0) is 32.3 Å². The average molecular weight is 288 g/mol. The predicted octanol–water partition coefficient (Wildman–Crippen LogP) is 3.62. The van der Waals surface area contributed by atoms with Crippen LogP contribution in [0.15, 0.2) is 42.7 Å². The molecule has 3 nitrogen and oxygen atoms in total. The van der Waals surface area contributed by atoms with Crippen LogP contribution >= 0.6 is 11.3 Å². The van der Waals surface area contributed by atoms with Crippen LogP contribution in [-0.4, -0.2) is 21.1 Å². The minimum atomic E-state index is 0.287. The highest BCUT2D eigenvalue weighted by atomic mass is 32.1. The zero-order chi connectivity index (χ0) is 14.4. The number of aromatic nitrogens is 2. The lowest BCUT2D eigenvalue weighted by atomic mass is 10.1. The molecule has 0 saturated carbocycles. The van der Waals surface area contributed by atoms with E-state index in [1.807, 2.05) is 30.6 Å². The summed E-state index contributed by atoms with van der Waals surface area (Å²) in [5, 5.41) is 8.53. The van der Waals surface area contributed by atoms with Crippen molar-refractivity contribution in [1.29, 1.82) is 0 Å². The molecule has 20 heavy (non-hydrogen) atoms. The number of hydrogen-bond donors (Lipinski definition) is 1. The van der Waals surface area contributed by atoms with Crippen LogP contribution in [0.3, 0.4) is 0 Å². The van der Waals surface area contributed by atoms with Crippen molar-refractivity contribution >= 4 is 16.3 Å². The number of aliphatic hydroxyl groups is 1. The minimum absolute atomic E-state index is 0.287. The van der Waals surface area contributed by atoms with Gasteiger partial charge in [0.15, 0.2) is 4.96 Å². The summed E-state index contributed by atoms with van der Waals surface area (Å²) < 4.78 is 2.11. The molecular weight excluding hydrogens is 268 g/mol.